The third-order valence-electron chi connectivity index (χ3n) is 6.33. The molecule has 0 radical (unpaired) electrons. The lowest BCUT2D eigenvalue weighted by Crippen LogP contribution is -2.41. The molecule has 1 unspecified atom stereocenters. The van der Waals surface area contributed by atoms with Gasteiger partial charge in [0.15, 0.2) is 5.96 Å². The van der Waals surface area contributed by atoms with Crippen molar-refractivity contribution in [1.29, 1.82) is 0 Å². The third-order valence-corrected chi connectivity index (χ3v) is 6.33. The monoisotopic (exact) mass is 413 g/mol. The van der Waals surface area contributed by atoms with Gasteiger partial charge in [0, 0.05) is 51.4 Å². The van der Waals surface area contributed by atoms with Crippen molar-refractivity contribution < 1.29 is 4.79 Å². The van der Waals surface area contributed by atoms with Gasteiger partial charge in [-0.2, -0.15) is 0 Å². The van der Waals surface area contributed by atoms with E-state index in [1.54, 1.807) is 0 Å². The predicted octanol–water partition coefficient (Wildman–Crippen LogP) is 2.99. The molecule has 1 atom stereocenters. The Bertz CT molecular complexity index is 715. The summed E-state index contributed by atoms with van der Waals surface area (Å²) >= 11 is 0. The van der Waals surface area contributed by atoms with Gasteiger partial charge in [-0.3, -0.25) is 9.79 Å². The van der Waals surface area contributed by atoms with E-state index in [2.05, 4.69) is 54.1 Å². The van der Waals surface area contributed by atoms with Crippen LogP contribution in [0.25, 0.3) is 0 Å². The topological polar surface area (TPSA) is 51.2 Å². The van der Waals surface area contributed by atoms with Crippen LogP contribution in [-0.4, -0.2) is 74.0 Å². The number of aliphatic imine (C=N–C) groups is 1. The summed E-state index contributed by atoms with van der Waals surface area (Å²) in [5.74, 6) is 1.95. The van der Waals surface area contributed by atoms with Gasteiger partial charge in [0.2, 0.25) is 5.91 Å². The molecular formula is C24H39N5O. The van der Waals surface area contributed by atoms with E-state index in [-0.39, 0.29) is 5.91 Å². The van der Waals surface area contributed by atoms with Crippen molar-refractivity contribution in [1.82, 2.24) is 15.1 Å². The van der Waals surface area contributed by atoms with E-state index in [0.29, 0.717) is 18.9 Å². The maximum atomic E-state index is 12.7. The van der Waals surface area contributed by atoms with Crippen LogP contribution in [0.3, 0.4) is 0 Å². The largest absolute Gasteiger partial charge is 0.357 e. The Balaban J connectivity index is 1.47. The van der Waals surface area contributed by atoms with Gasteiger partial charge < -0.3 is 20.0 Å². The molecule has 0 aromatic heterocycles. The normalized spacial score (nSPS) is 18.9. The molecule has 2 heterocycles. The average molecular weight is 414 g/mol. The molecule has 3 rings (SSSR count). The molecular weight excluding hydrogens is 374 g/mol. The third kappa shape index (κ3) is 5.75. The first-order valence-corrected chi connectivity index (χ1v) is 11.8. The molecule has 0 spiro atoms. The van der Waals surface area contributed by atoms with Gasteiger partial charge in [0.1, 0.15) is 0 Å². The van der Waals surface area contributed by atoms with Crippen molar-refractivity contribution in [3.05, 3.63) is 29.8 Å². The van der Waals surface area contributed by atoms with Gasteiger partial charge in [0.25, 0.3) is 0 Å². The maximum absolute atomic E-state index is 12.7. The van der Waals surface area contributed by atoms with Gasteiger partial charge in [-0.05, 0) is 56.8 Å². The number of para-hydroxylation sites is 1. The quantitative estimate of drug-likeness (QED) is 0.384. The van der Waals surface area contributed by atoms with Crippen LogP contribution >= 0.6 is 0 Å². The van der Waals surface area contributed by atoms with Crippen LogP contribution in [-0.2, 0) is 11.2 Å². The lowest BCUT2D eigenvalue weighted by Gasteiger charge is -2.24. The number of rotatable bonds is 9. The minimum atomic E-state index is 0.223. The number of fused-ring (bicyclic) bond motifs is 1. The standard InChI is InChI=1S/C24H39N5O/c1-4-25-24(28-16-13-20(19-28)18-27(5-2)6-3)26-15-9-12-23(30)29-17-14-21-10-7-8-11-22(21)29/h7-8,10-11,20H,4-6,9,12-19H2,1-3H3,(H,25,26). The van der Waals surface area contributed by atoms with Gasteiger partial charge in [-0.25, -0.2) is 0 Å². The summed E-state index contributed by atoms with van der Waals surface area (Å²) in [4.78, 5) is 24.4. The average Bonchev–Trinajstić information content (AvgIpc) is 3.41. The van der Waals surface area contributed by atoms with E-state index in [1.807, 2.05) is 11.0 Å². The molecule has 1 N–H and O–H groups in total. The number of nitrogens with zero attached hydrogens (tertiary/aromatic N) is 4. The number of benzene rings is 1. The summed E-state index contributed by atoms with van der Waals surface area (Å²) in [6.07, 6.45) is 3.55. The molecule has 2 aliphatic heterocycles. The van der Waals surface area contributed by atoms with E-state index < -0.39 is 0 Å². The minimum Gasteiger partial charge on any atom is -0.357 e. The first kappa shape index (κ1) is 22.6. The zero-order valence-electron chi connectivity index (χ0n) is 19.1. The highest BCUT2D eigenvalue weighted by Gasteiger charge is 2.26. The van der Waals surface area contributed by atoms with Crippen molar-refractivity contribution in [2.24, 2.45) is 10.9 Å². The van der Waals surface area contributed by atoms with E-state index in [4.69, 9.17) is 4.99 Å². The van der Waals surface area contributed by atoms with E-state index in [9.17, 15) is 4.79 Å². The summed E-state index contributed by atoms with van der Waals surface area (Å²) in [5, 5.41) is 3.45. The van der Waals surface area contributed by atoms with Crippen molar-refractivity contribution in [3.63, 3.8) is 0 Å². The smallest absolute Gasteiger partial charge is 0.227 e. The van der Waals surface area contributed by atoms with Crippen LogP contribution in [0.2, 0.25) is 0 Å². The van der Waals surface area contributed by atoms with Crippen LogP contribution in [0, 0.1) is 5.92 Å². The molecule has 166 valence electrons. The van der Waals surface area contributed by atoms with Crippen molar-refractivity contribution >= 4 is 17.6 Å². The van der Waals surface area contributed by atoms with Gasteiger partial charge >= 0.3 is 0 Å². The fraction of sp³-hybridized carbons (Fsp3) is 0.667. The SMILES string of the molecule is CCNC(=NCCCC(=O)N1CCc2ccccc21)N1CCC(CN(CC)CC)C1. The number of amides is 1. The highest BCUT2D eigenvalue weighted by molar-refractivity contribution is 5.95. The number of anilines is 1. The van der Waals surface area contributed by atoms with Crippen LogP contribution in [0.1, 0.15) is 45.6 Å². The second-order valence-electron chi connectivity index (χ2n) is 8.35. The van der Waals surface area contributed by atoms with Gasteiger partial charge in [-0.15, -0.1) is 0 Å². The lowest BCUT2D eigenvalue weighted by atomic mass is 10.1. The summed E-state index contributed by atoms with van der Waals surface area (Å²) in [5.41, 5.74) is 2.38. The predicted molar refractivity (Wildman–Crippen MR) is 125 cm³/mol. The molecule has 1 amide bonds. The molecule has 0 aliphatic carbocycles. The molecule has 0 saturated carbocycles. The van der Waals surface area contributed by atoms with Gasteiger partial charge in [-0.1, -0.05) is 32.0 Å². The van der Waals surface area contributed by atoms with Crippen LogP contribution in [0.15, 0.2) is 29.3 Å². The number of hydrogen-bond donors (Lipinski definition) is 1. The number of nitrogens with one attached hydrogen (secondary N) is 1. The lowest BCUT2D eigenvalue weighted by molar-refractivity contribution is -0.118. The Morgan fingerprint density at radius 1 is 1.20 bits per heavy atom. The Morgan fingerprint density at radius 3 is 2.77 bits per heavy atom. The number of likely N-dealkylation sites (tertiary alicyclic amines) is 1. The molecule has 2 aliphatic rings. The van der Waals surface area contributed by atoms with Crippen LogP contribution in [0.4, 0.5) is 5.69 Å². The molecule has 1 fully saturated rings. The van der Waals surface area contributed by atoms with E-state index >= 15 is 0 Å². The second-order valence-corrected chi connectivity index (χ2v) is 8.35. The zero-order valence-corrected chi connectivity index (χ0v) is 19.1. The van der Waals surface area contributed by atoms with E-state index in [1.165, 1.54) is 18.5 Å². The number of guanidine groups is 1. The molecule has 1 saturated heterocycles. The summed E-state index contributed by atoms with van der Waals surface area (Å²) < 4.78 is 0. The first-order valence-electron chi connectivity index (χ1n) is 11.8. The fourth-order valence-electron chi connectivity index (χ4n) is 4.59. The van der Waals surface area contributed by atoms with Crippen molar-refractivity contribution in [2.75, 3.05) is 57.3 Å². The molecule has 6 heteroatoms. The van der Waals surface area contributed by atoms with Crippen molar-refractivity contribution in [3.8, 4) is 0 Å². The zero-order chi connectivity index (χ0) is 21.3. The molecule has 1 aromatic carbocycles. The number of carbonyl (C=O) groups is 1. The van der Waals surface area contributed by atoms with Crippen LogP contribution in [0.5, 0.6) is 0 Å². The van der Waals surface area contributed by atoms with Crippen molar-refractivity contribution in [2.45, 2.75) is 46.5 Å². The number of hydrogen-bond acceptors (Lipinski definition) is 3. The van der Waals surface area contributed by atoms with E-state index in [0.717, 1.165) is 63.8 Å². The highest BCUT2D eigenvalue weighted by atomic mass is 16.2. The fourth-order valence-corrected chi connectivity index (χ4v) is 4.59. The Kier molecular flexibility index (Phi) is 8.55. The second kappa shape index (κ2) is 11.3. The molecule has 1 aromatic rings. The minimum absolute atomic E-state index is 0.223. The van der Waals surface area contributed by atoms with Gasteiger partial charge in [0.05, 0.1) is 0 Å². The number of carbonyl (C=O) groups excluding carboxylic acids is 1. The first-order chi connectivity index (χ1) is 14.7. The molecule has 6 nitrogen and oxygen atoms in total. The molecule has 30 heavy (non-hydrogen) atoms. The summed E-state index contributed by atoms with van der Waals surface area (Å²) in [7, 11) is 0. The maximum Gasteiger partial charge on any atom is 0.227 e. The summed E-state index contributed by atoms with van der Waals surface area (Å²) in [6.45, 7) is 14.5. The Hall–Kier alpha value is -2.08. The highest BCUT2D eigenvalue weighted by Crippen LogP contribution is 2.28. The molecule has 0 bridgehead atoms. The Labute approximate surface area is 182 Å². The van der Waals surface area contributed by atoms with Crippen LogP contribution < -0.4 is 10.2 Å². The summed E-state index contributed by atoms with van der Waals surface area (Å²) in [6, 6.07) is 8.25. The Morgan fingerprint density at radius 2 is 2.00 bits per heavy atom.